The normalized spacial score (nSPS) is 13.1. The highest BCUT2D eigenvalue weighted by atomic mass is 16.5. The first-order valence-corrected chi connectivity index (χ1v) is 5.80. The Morgan fingerprint density at radius 1 is 1.53 bits per heavy atom. The maximum Gasteiger partial charge on any atom is 0.0589 e. The Balaban J connectivity index is 3.80. The molecule has 1 atom stereocenters. The molecule has 15 heavy (non-hydrogen) atoms. The third kappa shape index (κ3) is 7.54. The van der Waals surface area contributed by atoms with Crippen LogP contribution in [0.25, 0.3) is 0 Å². The van der Waals surface area contributed by atoms with Crippen molar-refractivity contribution >= 4 is 0 Å². The van der Waals surface area contributed by atoms with Gasteiger partial charge in [-0.2, -0.15) is 0 Å². The van der Waals surface area contributed by atoms with E-state index in [0.29, 0.717) is 6.04 Å². The first-order chi connectivity index (χ1) is 7.26. The number of hydrogen-bond donors (Lipinski definition) is 1. The van der Waals surface area contributed by atoms with Crippen molar-refractivity contribution < 1.29 is 4.74 Å². The molecule has 3 nitrogen and oxygen atoms in total. The SMILES string of the molecule is C=CCN(CCOC)C(C)CCNCC. The molecule has 3 heteroatoms. The summed E-state index contributed by atoms with van der Waals surface area (Å²) in [6, 6.07) is 0.581. The minimum absolute atomic E-state index is 0.581. The average Bonchev–Trinajstić information content (AvgIpc) is 2.24. The quantitative estimate of drug-likeness (QED) is 0.441. The molecule has 0 saturated heterocycles. The number of methoxy groups -OCH3 is 1. The van der Waals surface area contributed by atoms with E-state index >= 15 is 0 Å². The molecule has 0 aromatic heterocycles. The first kappa shape index (κ1) is 14.6. The van der Waals surface area contributed by atoms with Crippen molar-refractivity contribution in [1.29, 1.82) is 0 Å². The molecule has 1 unspecified atom stereocenters. The van der Waals surface area contributed by atoms with Crippen LogP contribution < -0.4 is 5.32 Å². The van der Waals surface area contributed by atoms with E-state index < -0.39 is 0 Å². The monoisotopic (exact) mass is 214 g/mol. The third-order valence-electron chi connectivity index (χ3n) is 2.56. The van der Waals surface area contributed by atoms with Gasteiger partial charge in [-0.3, -0.25) is 4.90 Å². The minimum atomic E-state index is 0.581. The Kier molecular flexibility index (Phi) is 9.89. The van der Waals surface area contributed by atoms with Crippen molar-refractivity contribution in [1.82, 2.24) is 10.2 Å². The summed E-state index contributed by atoms with van der Waals surface area (Å²) in [6.07, 6.45) is 3.13. The van der Waals surface area contributed by atoms with Crippen LogP contribution in [0.3, 0.4) is 0 Å². The summed E-state index contributed by atoms with van der Waals surface area (Å²) in [5.74, 6) is 0. The molecule has 0 aliphatic rings. The Bertz CT molecular complexity index is 151. The van der Waals surface area contributed by atoms with Crippen molar-refractivity contribution in [2.24, 2.45) is 0 Å². The van der Waals surface area contributed by atoms with Crippen LogP contribution >= 0.6 is 0 Å². The Morgan fingerprint density at radius 3 is 2.80 bits per heavy atom. The lowest BCUT2D eigenvalue weighted by atomic mass is 10.2. The predicted octanol–water partition coefficient (Wildman–Crippen LogP) is 1.51. The van der Waals surface area contributed by atoms with Crippen LogP contribution in [0.2, 0.25) is 0 Å². The van der Waals surface area contributed by atoms with Crippen molar-refractivity contribution in [3.8, 4) is 0 Å². The van der Waals surface area contributed by atoms with Crippen molar-refractivity contribution in [2.75, 3.05) is 39.9 Å². The summed E-state index contributed by atoms with van der Waals surface area (Å²) >= 11 is 0. The van der Waals surface area contributed by atoms with Crippen molar-refractivity contribution in [3.63, 3.8) is 0 Å². The van der Waals surface area contributed by atoms with Gasteiger partial charge in [0.15, 0.2) is 0 Å². The van der Waals surface area contributed by atoms with E-state index in [-0.39, 0.29) is 0 Å². The summed E-state index contributed by atoms with van der Waals surface area (Å²) < 4.78 is 5.10. The molecule has 0 fully saturated rings. The van der Waals surface area contributed by atoms with Crippen LogP contribution in [0.1, 0.15) is 20.3 Å². The van der Waals surface area contributed by atoms with Gasteiger partial charge < -0.3 is 10.1 Å². The fourth-order valence-corrected chi connectivity index (χ4v) is 1.54. The summed E-state index contributed by atoms with van der Waals surface area (Å²) in [5, 5.41) is 3.35. The van der Waals surface area contributed by atoms with Crippen LogP contribution in [0, 0.1) is 0 Å². The zero-order valence-corrected chi connectivity index (χ0v) is 10.5. The molecule has 0 saturated carbocycles. The van der Waals surface area contributed by atoms with Gasteiger partial charge in [0, 0.05) is 26.2 Å². The summed E-state index contributed by atoms with van der Waals surface area (Å²) in [4.78, 5) is 2.40. The van der Waals surface area contributed by atoms with Crippen LogP contribution in [0.15, 0.2) is 12.7 Å². The standard InChI is InChI=1S/C12H26N2O/c1-5-9-14(10-11-15-4)12(3)7-8-13-6-2/h5,12-13H,1,6-11H2,2-4H3. The second-order valence-corrected chi connectivity index (χ2v) is 3.77. The van der Waals surface area contributed by atoms with Gasteiger partial charge in [-0.25, -0.2) is 0 Å². The second-order valence-electron chi connectivity index (χ2n) is 3.77. The lowest BCUT2D eigenvalue weighted by Gasteiger charge is -2.27. The maximum absolute atomic E-state index is 5.10. The molecule has 0 bridgehead atoms. The van der Waals surface area contributed by atoms with Crippen LogP contribution in [-0.4, -0.2) is 50.8 Å². The Hall–Kier alpha value is -0.380. The van der Waals surface area contributed by atoms with E-state index in [2.05, 4.69) is 30.6 Å². The fourth-order valence-electron chi connectivity index (χ4n) is 1.54. The van der Waals surface area contributed by atoms with Crippen molar-refractivity contribution in [2.45, 2.75) is 26.3 Å². The molecular formula is C12H26N2O. The van der Waals surface area contributed by atoms with Gasteiger partial charge in [-0.05, 0) is 26.4 Å². The van der Waals surface area contributed by atoms with Gasteiger partial charge in [0.25, 0.3) is 0 Å². The lowest BCUT2D eigenvalue weighted by Crippen LogP contribution is -2.37. The predicted molar refractivity (Wildman–Crippen MR) is 66.3 cm³/mol. The lowest BCUT2D eigenvalue weighted by molar-refractivity contribution is 0.130. The minimum Gasteiger partial charge on any atom is -0.383 e. The smallest absolute Gasteiger partial charge is 0.0589 e. The zero-order chi connectivity index (χ0) is 11.5. The van der Waals surface area contributed by atoms with E-state index in [4.69, 9.17) is 4.74 Å². The van der Waals surface area contributed by atoms with E-state index in [1.54, 1.807) is 7.11 Å². The van der Waals surface area contributed by atoms with E-state index in [1.807, 2.05) is 6.08 Å². The van der Waals surface area contributed by atoms with Gasteiger partial charge in [-0.1, -0.05) is 13.0 Å². The Labute approximate surface area is 94.5 Å². The van der Waals surface area contributed by atoms with E-state index in [1.165, 1.54) is 6.42 Å². The van der Waals surface area contributed by atoms with Crippen LogP contribution in [0.4, 0.5) is 0 Å². The van der Waals surface area contributed by atoms with Gasteiger partial charge >= 0.3 is 0 Å². The number of nitrogens with one attached hydrogen (secondary N) is 1. The molecule has 0 aliphatic heterocycles. The molecule has 0 aromatic rings. The van der Waals surface area contributed by atoms with Gasteiger partial charge in [-0.15, -0.1) is 6.58 Å². The number of hydrogen-bond acceptors (Lipinski definition) is 3. The first-order valence-electron chi connectivity index (χ1n) is 5.80. The maximum atomic E-state index is 5.10. The Morgan fingerprint density at radius 2 is 2.27 bits per heavy atom. The van der Waals surface area contributed by atoms with E-state index in [9.17, 15) is 0 Å². The van der Waals surface area contributed by atoms with Crippen LogP contribution in [0.5, 0.6) is 0 Å². The second kappa shape index (κ2) is 10.1. The molecule has 0 aliphatic carbocycles. The molecular weight excluding hydrogens is 188 g/mol. The highest BCUT2D eigenvalue weighted by Gasteiger charge is 2.11. The average molecular weight is 214 g/mol. The number of nitrogens with zero attached hydrogens (tertiary/aromatic N) is 1. The highest BCUT2D eigenvalue weighted by Crippen LogP contribution is 2.03. The highest BCUT2D eigenvalue weighted by molar-refractivity contribution is 4.77. The van der Waals surface area contributed by atoms with E-state index in [0.717, 1.165) is 32.8 Å². The summed E-state index contributed by atoms with van der Waals surface area (Å²) in [5.41, 5.74) is 0. The zero-order valence-electron chi connectivity index (χ0n) is 10.5. The molecule has 90 valence electrons. The molecule has 0 amide bonds. The van der Waals surface area contributed by atoms with Gasteiger partial charge in [0.1, 0.15) is 0 Å². The molecule has 0 radical (unpaired) electrons. The fraction of sp³-hybridized carbons (Fsp3) is 0.833. The van der Waals surface area contributed by atoms with Crippen molar-refractivity contribution in [3.05, 3.63) is 12.7 Å². The largest absolute Gasteiger partial charge is 0.383 e. The molecule has 1 N–H and O–H groups in total. The topological polar surface area (TPSA) is 24.5 Å². The summed E-state index contributed by atoms with van der Waals surface area (Å²) in [7, 11) is 1.75. The number of rotatable bonds is 10. The third-order valence-corrected chi connectivity index (χ3v) is 2.56. The molecule has 0 rings (SSSR count). The van der Waals surface area contributed by atoms with Crippen LogP contribution in [-0.2, 0) is 4.74 Å². The molecule has 0 spiro atoms. The number of ether oxygens (including phenoxy) is 1. The molecule has 0 aromatic carbocycles. The van der Waals surface area contributed by atoms with Gasteiger partial charge in [0.05, 0.1) is 6.61 Å². The molecule has 0 heterocycles. The van der Waals surface area contributed by atoms with Gasteiger partial charge in [0.2, 0.25) is 0 Å². The summed E-state index contributed by atoms with van der Waals surface area (Å²) in [6.45, 7) is 13.0.